The largest absolute Gasteiger partial charge is 0.378 e. The van der Waals surface area contributed by atoms with Gasteiger partial charge in [-0.15, -0.1) is 11.8 Å². The average molecular weight is 591 g/mol. The van der Waals surface area contributed by atoms with Crippen LogP contribution >= 0.6 is 11.8 Å². The van der Waals surface area contributed by atoms with Crippen LogP contribution in [0.2, 0.25) is 0 Å². The van der Waals surface area contributed by atoms with E-state index < -0.39 is 11.8 Å². The van der Waals surface area contributed by atoms with E-state index in [2.05, 4.69) is 10.6 Å². The normalized spacial score (nSPS) is 12.6. The van der Waals surface area contributed by atoms with E-state index >= 15 is 0 Å². The summed E-state index contributed by atoms with van der Waals surface area (Å²) in [6.45, 7) is 0.263. The lowest BCUT2D eigenvalue weighted by Crippen LogP contribution is -2.31. The number of thioether (sulfide) groups is 1. The van der Waals surface area contributed by atoms with Crippen molar-refractivity contribution in [3.05, 3.63) is 131 Å². The zero-order chi connectivity index (χ0) is 30.3. The van der Waals surface area contributed by atoms with Crippen molar-refractivity contribution in [2.24, 2.45) is 0 Å². The van der Waals surface area contributed by atoms with E-state index in [1.807, 2.05) is 67.5 Å². The zero-order valence-electron chi connectivity index (χ0n) is 23.7. The Hall–Kier alpha value is -5.15. The zero-order valence-corrected chi connectivity index (χ0v) is 24.6. The van der Waals surface area contributed by atoms with E-state index in [0.717, 1.165) is 16.1 Å². The molecule has 0 radical (unpaired) electrons. The van der Waals surface area contributed by atoms with Gasteiger partial charge in [0.05, 0.1) is 11.1 Å². The highest BCUT2D eigenvalue weighted by Gasteiger charge is 2.34. The molecule has 1 aliphatic rings. The van der Waals surface area contributed by atoms with Crippen LogP contribution in [0.1, 0.15) is 36.6 Å². The molecular weight excluding hydrogens is 560 g/mol. The monoisotopic (exact) mass is 590 g/mol. The second-order valence-corrected chi connectivity index (χ2v) is 11.2. The Morgan fingerprint density at radius 3 is 2.12 bits per heavy atom. The van der Waals surface area contributed by atoms with Crippen molar-refractivity contribution >= 4 is 52.8 Å². The summed E-state index contributed by atoms with van der Waals surface area (Å²) in [7, 11) is 3.89. The smallest absolute Gasteiger partial charge is 0.272 e. The number of hydrogen-bond acceptors (Lipinski definition) is 6. The first-order valence-electron chi connectivity index (χ1n) is 13.6. The molecule has 0 spiro atoms. The van der Waals surface area contributed by atoms with Crippen LogP contribution in [0.15, 0.2) is 114 Å². The van der Waals surface area contributed by atoms with Crippen LogP contribution in [0.5, 0.6) is 0 Å². The molecule has 4 amide bonds. The van der Waals surface area contributed by atoms with Crippen molar-refractivity contribution in [3.8, 4) is 0 Å². The van der Waals surface area contributed by atoms with Gasteiger partial charge >= 0.3 is 0 Å². The van der Waals surface area contributed by atoms with Gasteiger partial charge < -0.3 is 15.5 Å². The first kappa shape index (κ1) is 29.3. The van der Waals surface area contributed by atoms with Crippen LogP contribution in [0.25, 0.3) is 6.08 Å². The molecule has 43 heavy (non-hydrogen) atoms. The number of nitrogens with zero attached hydrogens (tertiary/aromatic N) is 2. The second kappa shape index (κ2) is 13.2. The average Bonchev–Trinajstić information content (AvgIpc) is 3.26. The Balaban J connectivity index is 1.27. The molecular formula is C34H30N4O4S. The van der Waals surface area contributed by atoms with Crippen molar-refractivity contribution in [2.45, 2.75) is 4.90 Å². The van der Waals surface area contributed by atoms with Crippen molar-refractivity contribution in [2.75, 3.05) is 36.6 Å². The van der Waals surface area contributed by atoms with Gasteiger partial charge in [-0.3, -0.25) is 24.1 Å². The van der Waals surface area contributed by atoms with Gasteiger partial charge in [-0.25, -0.2) is 0 Å². The molecule has 1 aliphatic heterocycles. The molecule has 0 unspecified atom stereocenters. The van der Waals surface area contributed by atoms with Crippen molar-refractivity contribution in [1.29, 1.82) is 0 Å². The molecule has 2 N–H and O–H groups in total. The topological polar surface area (TPSA) is 98.8 Å². The van der Waals surface area contributed by atoms with Crippen molar-refractivity contribution in [3.63, 3.8) is 0 Å². The number of rotatable bonds is 10. The van der Waals surface area contributed by atoms with Crippen LogP contribution in [-0.4, -0.2) is 54.9 Å². The molecule has 0 aliphatic carbocycles. The maximum absolute atomic E-state index is 13.4. The molecule has 1 heterocycles. The molecule has 216 valence electrons. The van der Waals surface area contributed by atoms with Gasteiger partial charge in [0, 0.05) is 48.2 Å². The highest BCUT2D eigenvalue weighted by molar-refractivity contribution is 7.99. The molecule has 4 aromatic carbocycles. The van der Waals surface area contributed by atoms with Gasteiger partial charge in [-0.05, 0) is 66.2 Å². The minimum atomic E-state index is -0.478. The van der Waals surface area contributed by atoms with Gasteiger partial charge in [-0.1, -0.05) is 48.5 Å². The predicted molar refractivity (Wildman–Crippen MR) is 170 cm³/mol. The van der Waals surface area contributed by atoms with Crippen molar-refractivity contribution < 1.29 is 19.2 Å². The number of fused-ring (bicyclic) bond motifs is 1. The van der Waals surface area contributed by atoms with Crippen molar-refractivity contribution in [1.82, 2.24) is 10.2 Å². The van der Waals surface area contributed by atoms with Gasteiger partial charge in [-0.2, -0.15) is 0 Å². The Kier molecular flexibility index (Phi) is 9.02. The predicted octanol–water partition coefficient (Wildman–Crippen LogP) is 5.55. The second-order valence-electron chi connectivity index (χ2n) is 10.0. The molecule has 4 aromatic rings. The first-order chi connectivity index (χ1) is 20.8. The lowest BCUT2D eigenvalue weighted by Gasteiger charge is -2.14. The maximum Gasteiger partial charge on any atom is 0.272 e. The van der Waals surface area contributed by atoms with E-state index in [9.17, 15) is 19.2 Å². The van der Waals surface area contributed by atoms with Gasteiger partial charge in [0.15, 0.2) is 0 Å². The lowest BCUT2D eigenvalue weighted by atomic mass is 10.1. The standard InChI is InChI=1S/C34H30N4O4S/c1-37(2)26-17-15-23(16-18-26)21-30(36-31(39)24-9-4-3-5-10-24)32(40)35-25-11-8-12-27(22-25)43-20-19-38-33(41)28-13-6-7-14-29(28)34(38)42/h3-18,21-22H,19-20H2,1-2H3,(H,35,40)(H,36,39)/b30-21+. The summed E-state index contributed by atoms with van der Waals surface area (Å²) >= 11 is 1.47. The third kappa shape index (κ3) is 7.02. The van der Waals surface area contributed by atoms with Crippen LogP contribution in [0.4, 0.5) is 11.4 Å². The molecule has 5 rings (SSSR count). The quantitative estimate of drug-likeness (QED) is 0.143. The van der Waals surface area contributed by atoms with Gasteiger partial charge in [0.25, 0.3) is 23.6 Å². The lowest BCUT2D eigenvalue weighted by molar-refractivity contribution is -0.113. The highest BCUT2D eigenvalue weighted by Crippen LogP contribution is 2.26. The summed E-state index contributed by atoms with van der Waals surface area (Å²) in [6, 6.07) is 30.4. The fourth-order valence-corrected chi connectivity index (χ4v) is 5.43. The summed E-state index contributed by atoms with van der Waals surface area (Å²) in [5.74, 6) is -0.950. The molecule has 0 fully saturated rings. The molecule has 0 atom stereocenters. The SMILES string of the molecule is CN(C)c1ccc(/C=C(/NC(=O)c2ccccc2)C(=O)Nc2cccc(SCCN3C(=O)c4ccccc4C3=O)c2)cc1. The third-order valence-electron chi connectivity index (χ3n) is 6.80. The van der Waals surface area contributed by atoms with Gasteiger partial charge in [0.2, 0.25) is 0 Å². The number of carbonyl (C=O) groups is 4. The molecule has 0 saturated carbocycles. The molecule has 0 aromatic heterocycles. The number of hydrogen-bond donors (Lipinski definition) is 2. The van der Waals surface area contributed by atoms with Crippen LogP contribution in [-0.2, 0) is 4.79 Å². The van der Waals surface area contributed by atoms with E-state index in [1.54, 1.807) is 60.7 Å². The van der Waals surface area contributed by atoms with Crippen LogP contribution in [0.3, 0.4) is 0 Å². The third-order valence-corrected chi connectivity index (χ3v) is 7.78. The Morgan fingerprint density at radius 2 is 1.47 bits per heavy atom. The fourth-order valence-electron chi connectivity index (χ4n) is 4.54. The Labute approximate surface area is 254 Å². The van der Waals surface area contributed by atoms with E-state index in [4.69, 9.17) is 0 Å². The van der Waals surface area contributed by atoms with Gasteiger partial charge in [0.1, 0.15) is 5.70 Å². The first-order valence-corrected chi connectivity index (χ1v) is 14.6. The Morgan fingerprint density at radius 1 is 0.814 bits per heavy atom. The fraction of sp³-hybridized carbons (Fsp3) is 0.118. The molecule has 0 bridgehead atoms. The summed E-state index contributed by atoms with van der Waals surface area (Å²) in [5.41, 5.74) is 3.68. The number of anilines is 2. The number of nitrogens with one attached hydrogen (secondary N) is 2. The molecule has 9 heteroatoms. The number of amides is 4. The van der Waals surface area contributed by atoms with E-state index in [0.29, 0.717) is 28.1 Å². The molecule has 0 saturated heterocycles. The van der Waals surface area contributed by atoms with E-state index in [1.165, 1.54) is 16.7 Å². The minimum absolute atomic E-state index is 0.0927. The van der Waals surface area contributed by atoms with Crippen LogP contribution < -0.4 is 15.5 Å². The summed E-state index contributed by atoms with van der Waals surface area (Å²) in [5, 5.41) is 5.64. The summed E-state index contributed by atoms with van der Waals surface area (Å²) in [6.07, 6.45) is 1.64. The number of benzene rings is 4. The maximum atomic E-state index is 13.4. The van der Waals surface area contributed by atoms with E-state index in [-0.39, 0.29) is 24.1 Å². The summed E-state index contributed by atoms with van der Waals surface area (Å²) in [4.78, 5) is 55.8. The Bertz CT molecular complexity index is 1670. The number of imide groups is 1. The summed E-state index contributed by atoms with van der Waals surface area (Å²) < 4.78 is 0. The molecule has 8 nitrogen and oxygen atoms in total. The van der Waals surface area contributed by atoms with Crippen LogP contribution in [0, 0.1) is 0 Å². The minimum Gasteiger partial charge on any atom is -0.378 e. The number of carbonyl (C=O) groups excluding carboxylic acids is 4. The highest BCUT2D eigenvalue weighted by atomic mass is 32.2.